The van der Waals surface area contributed by atoms with E-state index in [1.807, 2.05) is 4.90 Å². The van der Waals surface area contributed by atoms with Gasteiger partial charge in [0.2, 0.25) is 5.91 Å². The molecule has 1 aromatic heterocycles. The van der Waals surface area contributed by atoms with Gasteiger partial charge in [-0.25, -0.2) is 18.2 Å². The maximum Gasteiger partial charge on any atom is 0.254 e. The first-order valence-corrected chi connectivity index (χ1v) is 10.9. The second kappa shape index (κ2) is 10.4. The van der Waals surface area contributed by atoms with Crippen LogP contribution < -0.4 is 10.2 Å². The van der Waals surface area contributed by atoms with Crippen molar-refractivity contribution in [3.05, 3.63) is 89.4 Å². The molecule has 0 atom stereocenters. The molecular weight excluding hydrogens is 445 g/mol. The van der Waals surface area contributed by atoms with E-state index < -0.39 is 17.5 Å². The Labute approximate surface area is 195 Å². The van der Waals surface area contributed by atoms with Crippen LogP contribution in [0.25, 0.3) is 0 Å². The summed E-state index contributed by atoms with van der Waals surface area (Å²) in [5.74, 6) is -1.87. The third-order valence-corrected chi connectivity index (χ3v) is 5.53. The summed E-state index contributed by atoms with van der Waals surface area (Å²) in [6.07, 6.45) is 2.34. The Balaban J connectivity index is 1.33. The molecule has 9 heteroatoms. The van der Waals surface area contributed by atoms with Crippen molar-refractivity contribution in [1.82, 2.24) is 9.88 Å². The molecular formula is C25H23F3N4O2. The van der Waals surface area contributed by atoms with Gasteiger partial charge in [0.05, 0.1) is 18.3 Å². The average Bonchev–Trinajstić information content (AvgIpc) is 3.06. The van der Waals surface area contributed by atoms with Gasteiger partial charge in [-0.15, -0.1) is 0 Å². The average molecular weight is 468 g/mol. The zero-order valence-corrected chi connectivity index (χ0v) is 18.3. The summed E-state index contributed by atoms with van der Waals surface area (Å²) in [4.78, 5) is 33.0. The van der Waals surface area contributed by atoms with Crippen molar-refractivity contribution in [3.63, 3.8) is 0 Å². The number of hydrogen-bond acceptors (Lipinski definition) is 4. The molecule has 0 radical (unpaired) electrons. The molecule has 6 nitrogen and oxygen atoms in total. The molecule has 1 saturated heterocycles. The number of rotatable bonds is 5. The molecule has 1 aliphatic rings. The van der Waals surface area contributed by atoms with Crippen molar-refractivity contribution in [2.45, 2.75) is 12.8 Å². The Kier molecular flexibility index (Phi) is 7.10. The Morgan fingerprint density at radius 1 is 0.853 bits per heavy atom. The van der Waals surface area contributed by atoms with Gasteiger partial charge >= 0.3 is 0 Å². The predicted molar refractivity (Wildman–Crippen MR) is 122 cm³/mol. The second-order valence-electron chi connectivity index (χ2n) is 8.05. The van der Waals surface area contributed by atoms with Crippen molar-refractivity contribution in [3.8, 4) is 0 Å². The lowest BCUT2D eigenvalue weighted by Crippen LogP contribution is -2.35. The summed E-state index contributed by atoms with van der Waals surface area (Å²) in [5.41, 5.74) is 1.23. The standard InChI is InChI=1S/C25H23F3N4O2/c26-19-4-2-17(3-5-19)12-24(33)30-22-6-7-23(29-16-22)31-8-1-9-32(11-10-31)25(34)18-13-20(27)15-21(28)14-18/h2-7,13-16H,1,8-12H2,(H,30,33). The van der Waals surface area contributed by atoms with Crippen molar-refractivity contribution < 1.29 is 22.8 Å². The highest BCUT2D eigenvalue weighted by molar-refractivity contribution is 5.94. The molecule has 176 valence electrons. The molecule has 34 heavy (non-hydrogen) atoms. The number of aromatic nitrogens is 1. The molecule has 4 rings (SSSR count). The fourth-order valence-electron chi connectivity index (χ4n) is 3.85. The number of nitrogens with zero attached hydrogens (tertiary/aromatic N) is 3. The largest absolute Gasteiger partial charge is 0.355 e. The van der Waals surface area contributed by atoms with Crippen LogP contribution in [-0.2, 0) is 11.2 Å². The fourth-order valence-corrected chi connectivity index (χ4v) is 3.85. The minimum absolute atomic E-state index is 0.00944. The summed E-state index contributed by atoms with van der Waals surface area (Å²) in [6.45, 7) is 2.01. The van der Waals surface area contributed by atoms with Crippen LogP contribution in [0, 0.1) is 17.5 Å². The first kappa shape index (κ1) is 23.3. The number of hydrogen-bond donors (Lipinski definition) is 1. The molecule has 0 bridgehead atoms. The lowest BCUT2D eigenvalue weighted by molar-refractivity contribution is -0.115. The number of anilines is 2. The summed E-state index contributed by atoms with van der Waals surface area (Å²) in [7, 11) is 0. The Morgan fingerprint density at radius 2 is 1.59 bits per heavy atom. The number of carbonyl (C=O) groups is 2. The van der Waals surface area contributed by atoms with Crippen molar-refractivity contribution >= 4 is 23.3 Å². The van der Waals surface area contributed by atoms with Crippen LogP contribution in [0.1, 0.15) is 22.3 Å². The molecule has 1 N–H and O–H groups in total. The summed E-state index contributed by atoms with van der Waals surface area (Å²) in [6, 6.07) is 12.1. The van der Waals surface area contributed by atoms with Crippen LogP contribution >= 0.6 is 0 Å². The zero-order valence-electron chi connectivity index (χ0n) is 18.3. The van der Waals surface area contributed by atoms with Gasteiger partial charge in [-0.05, 0) is 48.4 Å². The molecule has 0 spiro atoms. The summed E-state index contributed by atoms with van der Waals surface area (Å²) < 4.78 is 40.0. The predicted octanol–water partition coefficient (Wildman–Crippen LogP) is 4.03. The monoisotopic (exact) mass is 468 g/mol. The van der Waals surface area contributed by atoms with E-state index in [1.165, 1.54) is 12.1 Å². The van der Waals surface area contributed by atoms with E-state index in [2.05, 4.69) is 10.3 Å². The van der Waals surface area contributed by atoms with Gasteiger partial charge < -0.3 is 15.1 Å². The Morgan fingerprint density at radius 3 is 2.26 bits per heavy atom. The van der Waals surface area contributed by atoms with Crippen molar-refractivity contribution in [2.75, 3.05) is 36.4 Å². The highest BCUT2D eigenvalue weighted by atomic mass is 19.1. The highest BCUT2D eigenvalue weighted by Crippen LogP contribution is 2.18. The number of nitrogens with one attached hydrogen (secondary N) is 1. The third kappa shape index (κ3) is 5.92. The molecule has 2 aromatic carbocycles. The van der Waals surface area contributed by atoms with Gasteiger partial charge in [-0.1, -0.05) is 12.1 Å². The van der Waals surface area contributed by atoms with Crippen LogP contribution in [0.2, 0.25) is 0 Å². The first-order valence-electron chi connectivity index (χ1n) is 10.9. The normalized spacial score (nSPS) is 14.0. The van der Waals surface area contributed by atoms with E-state index in [9.17, 15) is 22.8 Å². The zero-order chi connectivity index (χ0) is 24.1. The van der Waals surface area contributed by atoms with Gasteiger partial charge in [0.25, 0.3) is 5.91 Å². The SMILES string of the molecule is O=C(Cc1ccc(F)cc1)Nc1ccc(N2CCCN(C(=O)c3cc(F)cc(F)c3)CC2)nc1. The second-order valence-corrected chi connectivity index (χ2v) is 8.05. The number of pyridine rings is 1. The third-order valence-electron chi connectivity index (χ3n) is 5.53. The minimum atomic E-state index is -0.783. The molecule has 2 amide bonds. The van der Waals surface area contributed by atoms with Gasteiger partial charge in [-0.2, -0.15) is 0 Å². The quantitative estimate of drug-likeness (QED) is 0.614. The van der Waals surface area contributed by atoms with Crippen LogP contribution in [-0.4, -0.2) is 47.9 Å². The smallest absolute Gasteiger partial charge is 0.254 e. The van der Waals surface area contributed by atoms with Crippen LogP contribution in [0.3, 0.4) is 0 Å². The maximum absolute atomic E-state index is 13.5. The summed E-state index contributed by atoms with van der Waals surface area (Å²) >= 11 is 0. The summed E-state index contributed by atoms with van der Waals surface area (Å²) in [5, 5.41) is 2.77. The van der Waals surface area contributed by atoms with E-state index in [1.54, 1.807) is 35.4 Å². The van der Waals surface area contributed by atoms with E-state index in [4.69, 9.17) is 0 Å². The number of amides is 2. The molecule has 3 aromatic rings. The Bertz CT molecular complexity index is 1150. The van der Waals surface area contributed by atoms with Crippen molar-refractivity contribution in [1.29, 1.82) is 0 Å². The van der Waals surface area contributed by atoms with Gasteiger partial charge in [-0.3, -0.25) is 9.59 Å². The number of halogens is 3. The highest BCUT2D eigenvalue weighted by Gasteiger charge is 2.22. The van der Waals surface area contributed by atoms with Crippen LogP contribution in [0.15, 0.2) is 60.8 Å². The van der Waals surface area contributed by atoms with Crippen LogP contribution in [0.4, 0.5) is 24.7 Å². The van der Waals surface area contributed by atoms with Crippen LogP contribution in [0.5, 0.6) is 0 Å². The minimum Gasteiger partial charge on any atom is -0.355 e. The molecule has 0 unspecified atom stereocenters. The molecule has 0 saturated carbocycles. The topological polar surface area (TPSA) is 65.5 Å². The van der Waals surface area contributed by atoms with E-state index in [0.29, 0.717) is 49.7 Å². The molecule has 1 aliphatic heterocycles. The fraction of sp³-hybridized carbons (Fsp3) is 0.240. The van der Waals surface area contributed by atoms with Gasteiger partial charge in [0.1, 0.15) is 23.3 Å². The van der Waals surface area contributed by atoms with Gasteiger partial charge in [0.15, 0.2) is 0 Å². The molecule has 2 heterocycles. The van der Waals surface area contributed by atoms with E-state index in [-0.39, 0.29) is 23.7 Å². The maximum atomic E-state index is 13.5. The van der Waals surface area contributed by atoms with E-state index in [0.717, 1.165) is 18.2 Å². The number of carbonyl (C=O) groups excluding carboxylic acids is 2. The molecule has 1 fully saturated rings. The molecule has 0 aliphatic carbocycles. The lowest BCUT2D eigenvalue weighted by Gasteiger charge is -2.23. The van der Waals surface area contributed by atoms with Gasteiger partial charge in [0, 0.05) is 37.8 Å². The Hall–Kier alpha value is -3.88. The van der Waals surface area contributed by atoms with E-state index >= 15 is 0 Å². The first-order chi connectivity index (χ1) is 16.4. The number of benzene rings is 2. The lowest BCUT2D eigenvalue weighted by atomic mass is 10.1. The van der Waals surface area contributed by atoms with Crippen molar-refractivity contribution in [2.24, 2.45) is 0 Å².